The number of carbonyl (C=O) groups is 1. The predicted octanol–water partition coefficient (Wildman–Crippen LogP) is 3.33. The third-order valence-electron chi connectivity index (χ3n) is 3.51. The van der Waals surface area contributed by atoms with Crippen LogP contribution in [0.25, 0.3) is 0 Å². The minimum atomic E-state index is 0.0233. The van der Waals surface area contributed by atoms with E-state index in [9.17, 15) is 4.79 Å². The van der Waals surface area contributed by atoms with Crippen LogP contribution in [0, 0.1) is 0 Å². The van der Waals surface area contributed by atoms with Crippen molar-refractivity contribution in [2.45, 2.75) is 38.0 Å². The van der Waals surface area contributed by atoms with Gasteiger partial charge in [0.1, 0.15) is 0 Å². The van der Waals surface area contributed by atoms with Gasteiger partial charge >= 0.3 is 0 Å². The fourth-order valence-electron chi connectivity index (χ4n) is 2.09. The molecule has 0 saturated carbocycles. The summed E-state index contributed by atoms with van der Waals surface area (Å²) in [6.45, 7) is 4.81. The van der Waals surface area contributed by atoms with Gasteiger partial charge in [0.05, 0.1) is 11.3 Å². The molecule has 118 valence electrons. The molecule has 4 heteroatoms. The first-order chi connectivity index (χ1) is 10.1. The van der Waals surface area contributed by atoms with E-state index in [0.29, 0.717) is 6.54 Å². The number of thioether (sulfide) groups is 1. The molecule has 0 aliphatic heterocycles. The normalized spacial score (nSPS) is 14.0. The maximum absolute atomic E-state index is 12.1. The molecular formula is C17H28N2OS. The van der Waals surface area contributed by atoms with E-state index in [1.165, 1.54) is 18.4 Å². The molecule has 0 spiro atoms. The van der Waals surface area contributed by atoms with Gasteiger partial charge in [0, 0.05) is 6.54 Å². The average Bonchev–Trinajstić information content (AvgIpc) is 2.48. The lowest BCUT2D eigenvalue weighted by Crippen LogP contribution is -2.38. The minimum Gasteiger partial charge on any atom is -0.353 e. The number of unbranched alkanes of at least 4 members (excludes halogenated alkanes) is 1. The Balaban J connectivity index is 2.48. The molecule has 1 N–H and O–H groups in total. The van der Waals surface area contributed by atoms with Gasteiger partial charge in [0.25, 0.3) is 0 Å². The van der Waals surface area contributed by atoms with Crippen molar-refractivity contribution in [3.05, 3.63) is 35.9 Å². The summed E-state index contributed by atoms with van der Waals surface area (Å²) < 4.78 is 0. The first-order valence-corrected chi connectivity index (χ1v) is 8.71. The summed E-state index contributed by atoms with van der Waals surface area (Å²) in [7, 11) is 4.09. The van der Waals surface area contributed by atoms with Crippen molar-refractivity contribution in [3.63, 3.8) is 0 Å². The van der Waals surface area contributed by atoms with E-state index < -0.39 is 0 Å². The van der Waals surface area contributed by atoms with Gasteiger partial charge in [-0.25, -0.2) is 0 Å². The molecule has 0 saturated heterocycles. The molecule has 1 aromatic rings. The number of likely N-dealkylation sites (N-methyl/N-ethyl adjacent to an activating group) is 1. The number of carbonyl (C=O) groups excluding carboxylic acids is 1. The van der Waals surface area contributed by atoms with Gasteiger partial charge in [-0.15, -0.1) is 11.8 Å². The number of amides is 1. The monoisotopic (exact) mass is 308 g/mol. The summed E-state index contributed by atoms with van der Waals surface area (Å²) in [6, 6.07) is 10.5. The predicted molar refractivity (Wildman–Crippen MR) is 92.7 cm³/mol. The van der Waals surface area contributed by atoms with Gasteiger partial charge in [-0.05, 0) is 38.8 Å². The van der Waals surface area contributed by atoms with Gasteiger partial charge in [0.15, 0.2) is 0 Å². The summed E-state index contributed by atoms with van der Waals surface area (Å²) in [5, 5.41) is 3.11. The largest absolute Gasteiger partial charge is 0.353 e. The highest BCUT2D eigenvalue weighted by Crippen LogP contribution is 2.17. The number of nitrogens with one attached hydrogen (secondary N) is 1. The van der Waals surface area contributed by atoms with Gasteiger partial charge in [0.2, 0.25) is 5.91 Å². The molecule has 0 fully saturated rings. The number of rotatable bonds is 9. The zero-order chi connectivity index (χ0) is 15.7. The third-order valence-corrected chi connectivity index (χ3v) is 4.75. The van der Waals surface area contributed by atoms with Crippen molar-refractivity contribution in [1.29, 1.82) is 0 Å². The van der Waals surface area contributed by atoms with E-state index in [2.05, 4.69) is 29.3 Å². The Morgan fingerprint density at radius 3 is 2.52 bits per heavy atom. The van der Waals surface area contributed by atoms with Crippen LogP contribution >= 0.6 is 11.8 Å². The zero-order valence-corrected chi connectivity index (χ0v) is 14.5. The molecule has 1 amide bonds. The van der Waals surface area contributed by atoms with Gasteiger partial charge in [-0.3, -0.25) is 4.79 Å². The number of benzene rings is 1. The smallest absolute Gasteiger partial charge is 0.232 e. The van der Waals surface area contributed by atoms with Crippen LogP contribution < -0.4 is 5.32 Å². The molecule has 1 rings (SSSR count). The molecule has 0 heterocycles. The molecule has 1 aromatic carbocycles. The van der Waals surface area contributed by atoms with Crippen molar-refractivity contribution in [1.82, 2.24) is 10.2 Å². The summed E-state index contributed by atoms with van der Waals surface area (Å²) in [5.41, 5.74) is 1.23. The maximum atomic E-state index is 12.1. The Morgan fingerprint density at radius 2 is 1.95 bits per heavy atom. The molecule has 0 aliphatic carbocycles. The van der Waals surface area contributed by atoms with Crippen molar-refractivity contribution < 1.29 is 4.79 Å². The lowest BCUT2D eigenvalue weighted by molar-refractivity contribution is -0.120. The van der Waals surface area contributed by atoms with E-state index in [1.807, 2.05) is 39.2 Å². The minimum absolute atomic E-state index is 0.0233. The summed E-state index contributed by atoms with van der Waals surface area (Å²) >= 11 is 1.74. The van der Waals surface area contributed by atoms with Crippen LogP contribution in [0.15, 0.2) is 30.3 Å². The first kappa shape index (κ1) is 18.1. The fraction of sp³-hybridized carbons (Fsp3) is 0.588. The molecule has 2 unspecified atom stereocenters. The standard InChI is InChI=1S/C17H28N2OS/c1-5-6-12-21-14(2)17(20)18-13-16(19(3)4)15-10-8-7-9-11-15/h7-11,14,16H,5-6,12-13H2,1-4H3,(H,18,20). The SMILES string of the molecule is CCCCSC(C)C(=O)NCC(c1ccccc1)N(C)C. The molecular weight excluding hydrogens is 280 g/mol. The van der Waals surface area contributed by atoms with Crippen molar-refractivity contribution in [2.75, 3.05) is 26.4 Å². The Hall–Kier alpha value is -1.00. The van der Waals surface area contributed by atoms with Crippen molar-refractivity contribution in [2.24, 2.45) is 0 Å². The summed E-state index contributed by atoms with van der Waals surface area (Å²) in [6.07, 6.45) is 2.35. The molecule has 0 aromatic heterocycles. The van der Waals surface area contributed by atoms with Gasteiger partial charge < -0.3 is 10.2 Å². The average molecular weight is 308 g/mol. The molecule has 0 bridgehead atoms. The highest BCUT2D eigenvalue weighted by molar-refractivity contribution is 8.00. The third kappa shape index (κ3) is 6.53. The summed E-state index contributed by atoms with van der Waals surface area (Å²) in [4.78, 5) is 14.3. The first-order valence-electron chi connectivity index (χ1n) is 7.67. The Bertz CT molecular complexity index is 409. The van der Waals surface area contributed by atoms with Gasteiger partial charge in [-0.2, -0.15) is 0 Å². The molecule has 3 nitrogen and oxygen atoms in total. The van der Waals surface area contributed by atoms with E-state index >= 15 is 0 Å². The number of hydrogen-bond acceptors (Lipinski definition) is 3. The van der Waals surface area contributed by atoms with Crippen molar-refractivity contribution >= 4 is 17.7 Å². The van der Waals surface area contributed by atoms with Crippen LogP contribution in [0.5, 0.6) is 0 Å². The number of hydrogen-bond donors (Lipinski definition) is 1. The van der Waals surface area contributed by atoms with Crippen LogP contribution in [0.3, 0.4) is 0 Å². The molecule has 2 atom stereocenters. The molecule has 21 heavy (non-hydrogen) atoms. The quantitative estimate of drug-likeness (QED) is 0.710. The highest BCUT2D eigenvalue weighted by Gasteiger charge is 2.17. The lowest BCUT2D eigenvalue weighted by atomic mass is 10.1. The number of nitrogens with zero attached hydrogens (tertiary/aromatic N) is 1. The topological polar surface area (TPSA) is 32.3 Å². The highest BCUT2D eigenvalue weighted by atomic mass is 32.2. The second-order valence-electron chi connectivity index (χ2n) is 5.50. The zero-order valence-electron chi connectivity index (χ0n) is 13.6. The van der Waals surface area contributed by atoms with Crippen LogP contribution in [-0.2, 0) is 4.79 Å². The van der Waals surface area contributed by atoms with E-state index in [1.54, 1.807) is 11.8 Å². The summed E-state index contributed by atoms with van der Waals surface area (Å²) in [5.74, 6) is 1.19. The molecule has 0 radical (unpaired) electrons. The van der Waals surface area contributed by atoms with Crippen LogP contribution in [0.4, 0.5) is 0 Å². The van der Waals surface area contributed by atoms with E-state index in [0.717, 1.165) is 5.75 Å². The van der Waals surface area contributed by atoms with E-state index in [-0.39, 0.29) is 17.2 Å². The van der Waals surface area contributed by atoms with Crippen LogP contribution in [0.1, 0.15) is 38.3 Å². The van der Waals surface area contributed by atoms with Gasteiger partial charge in [-0.1, -0.05) is 43.7 Å². The fourth-order valence-corrected chi connectivity index (χ4v) is 3.14. The maximum Gasteiger partial charge on any atom is 0.232 e. The Kier molecular flexibility index (Phi) is 8.47. The van der Waals surface area contributed by atoms with Crippen LogP contribution in [-0.4, -0.2) is 42.4 Å². The second-order valence-corrected chi connectivity index (χ2v) is 6.95. The van der Waals surface area contributed by atoms with Crippen molar-refractivity contribution in [3.8, 4) is 0 Å². The lowest BCUT2D eigenvalue weighted by Gasteiger charge is -2.25. The second kappa shape index (κ2) is 9.85. The van der Waals surface area contributed by atoms with Crippen LogP contribution in [0.2, 0.25) is 0 Å². The Labute approximate surface area is 133 Å². The Morgan fingerprint density at radius 1 is 1.29 bits per heavy atom. The van der Waals surface area contributed by atoms with E-state index in [4.69, 9.17) is 0 Å². The molecule has 0 aliphatic rings.